The number of likely N-dealkylation sites (tertiary alicyclic amines) is 1. The van der Waals surface area contributed by atoms with Crippen molar-refractivity contribution in [3.05, 3.63) is 59.0 Å². The van der Waals surface area contributed by atoms with Crippen LogP contribution in [0.1, 0.15) is 39.6 Å². The third-order valence-corrected chi connectivity index (χ3v) is 5.26. The minimum absolute atomic E-state index is 0.113. The molecule has 25 heavy (non-hydrogen) atoms. The molecule has 1 aromatic carbocycles. The topological polar surface area (TPSA) is 51.0 Å². The maximum absolute atomic E-state index is 12.8. The Balaban J connectivity index is 1.57. The zero-order valence-electron chi connectivity index (χ0n) is 14.9. The molecule has 1 amide bonds. The molecule has 1 unspecified atom stereocenters. The average Bonchev–Trinajstić information content (AvgIpc) is 3.22. The molecule has 0 spiro atoms. The molecule has 1 atom stereocenters. The van der Waals surface area contributed by atoms with E-state index in [1.807, 2.05) is 49.2 Å². The molecule has 1 saturated heterocycles. The van der Waals surface area contributed by atoms with Gasteiger partial charge in [-0.05, 0) is 55.7 Å². The highest BCUT2D eigenvalue weighted by Crippen LogP contribution is 2.29. The standard InChI is InChI=1S/C20H22N4O/c1-13-6-7-15(11-14(13)2)20(25)24-10-8-16(12-24)18-22-17-5-4-9-21-19(17)23(18)3/h4-7,9,11,16H,8,10,12H2,1-3H3. The number of carbonyl (C=O) groups is 1. The van der Waals surface area contributed by atoms with Crippen LogP contribution in [0.4, 0.5) is 0 Å². The Morgan fingerprint density at radius 2 is 2.04 bits per heavy atom. The molecule has 5 nitrogen and oxygen atoms in total. The summed E-state index contributed by atoms with van der Waals surface area (Å²) in [5, 5.41) is 0. The number of imidazole rings is 1. The van der Waals surface area contributed by atoms with E-state index in [4.69, 9.17) is 4.98 Å². The fourth-order valence-electron chi connectivity index (χ4n) is 3.62. The van der Waals surface area contributed by atoms with Crippen LogP contribution in [0.15, 0.2) is 36.5 Å². The number of rotatable bonds is 2. The summed E-state index contributed by atoms with van der Waals surface area (Å²) < 4.78 is 2.06. The van der Waals surface area contributed by atoms with Crippen LogP contribution in [-0.2, 0) is 7.05 Å². The number of aromatic nitrogens is 3. The number of hydrogen-bond acceptors (Lipinski definition) is 3. The first kappa shape index (κ1) is 15.8. The number of nitrogens with zero attached hydrogens (tertiary/aromatic N) is 4. The second-order valence-electron chi connectivity index (χ2n) is 6.91. The van der Waals surface area contributed by atoms with Crippen LogP contribution in [0.25, 0.3) is 11.2 Å². The Morgan fingerprint density at radius 3 is 2.80 bits per heavy atom. The average molecular weight is 334 g/mol. The van der Waals surface area contributed by atoms with Crippen molar-refractivity contribution in [3.63, 3.8) is 0 Å². The van der Waals surface area contributed by atoms with Crippen LogP contribution in [0.3, 0.4) is 0 Å². The van der Waals surface area contributed by atoms with Crippen molar-refractivity contribution in [2.45, 2.75) is 26.2 Å². The molecule has 1 aliphatic heterocycles. The number of aryl methyl sites for hydroxylation is 3. The Labute approximate surface area is 147 Å². The number of carbonyl (C=O) groups excluding carboxylic acids is 1. The van der Waals surface area contributed by atoms with E-state index in [0.717, 1.165) is 41.1 Å². The highest BCUT2D eigenvalue weighted by Gasteiger charge is 2.31. The van der Waals surface area contributed by atoms with Gasteiger partial charge in [0.15, 0.2) is 5.65 Å². The Kier molecular flexibility index (Phi) is 3.79. The van der Waals surface area contributed by atoms with Gasteiger partial charge < -0.3 is 9.47 Å². The number of amides is 1. The lowest BCUT2D eigenvalue weighted by atomic mass is 10.1. The quantitative estimate of drug-likeness (QED) is 0.723. The van der Waals surface area contributed by atoms with E-state index in [2.05, 4.69) is 16.5 Å². The van der Waals surface area contributed by atoms with Gasteiger partial charge in [0.05, 0.1) is 0 Å². The Hall–Kier alpha value is -2.69. The molecule has 128 valence electrons. The molecule has 5 heteroatoms. The van der Waals surface area contributed by atoms with E-state index in [-0.39, 0.29) is 11.8 Å². The van der Waals surface area contributed by atoms with Gasteiger partial charge >= 0.3 is 0 Å². The molecule has 0 aliphatic carbocycles. The van der Waals surface area contributed by atoms with Crippen LogP contribution in [0, 0.1) is 13.8 Å². The second-order valence-corrected chi connectivity index (χ2v) is 6.91. The molecular formula is C20H22N4O. The Bertz CT molecular complexity index is 959. The van der Waals surface area contributed by atoms with Gasteiger partial charge in [-0.25, -0.2) is 9.97 Å². The number of benzene rings is 1. The van der Waals surface area contributed by atoms with E-state index in [1.165, 1.54) is 5.56 Å². The first-order valence-electron chi connectivity index (χ1n) is 8.68. The van der Waals surface area contributed by atoms with Crippen LogP contribution in [0.2, 0.25) is 0 Å². The highest BCUT2D eigenvalue weighted by molar-refractivity contribution is 5.94. The van der Waals surface area contributed by atoms with Crippen molar-refractivity contribution >= 4 is 17.1 Å². The minimum Gasteiger partial charge on any atom is -0.338 e. The van der Waals surface area contributed by atoms with Gasteiger partial charge in [-0.1, -0.05) is 6.07 Å². The van der Waals surface area contributed by atoms with Gasteiger partial charge in [0.2, 0.25) is 0 Å². The summed E-state index contributed by atoms with van der Waals surface area (Å²) in [4.78, 5) is 23.9. The van der Waals surface area contributed by atoms with Crippen LogP contribution >= 0.6 is 0 Å². The van der Waals surface area contributed by atoms with E-state index in [0.29, 0.717) is 6.54 Å². The predicted octanol–water partition coefficient (Wildman–Crippen LogP) is 3.21. The summed E-state index contributed by atoms with van der Waals surface area (Å²) in [5.41, 5.74) is 4.96. The summed E-state index contributed by atoms with van der Waals surface area (Å²) in [6.45, 7) is 5.59. The summed E-state index contributed by atoms with van der Waals surface area (Å²) in [7, 11) is 2.01. The molecule has 3 heterocycles. The van der Waals surface area contributed by atoms with Crippen molar-refractivity contribution in [1.82, 2.24) is 19.4 Å². The summed E-state index contributed by atoms with van der Waals surface area (Å²) in [6, 6.07) is 9.83. The van der Waals surface area contributed by atoms with Crippen LogP contribution < -0.4 is 0 Å². The van der Waals surface area contributed by atoms with Gasteiger partial charge in [0.1, 0.15) is 11.3 Å². The lowest BCUT2D eigenvalue weighted by Crippen LogP contribution is -2.28. The maximum atomic E-state index is 12.8. The molecule has 3 aromatic rings. The molecule has 1 aliphatic rings. The normalized spacial score (nSPS) is 17.4. The maximum Gasteiger partial charge on any atom is 0.253 e. The third-order valence-electron chi connectivity index (χ3n) is 5.26. The SMILES string of the molecule is Cc1ccc(C(=O)N2CCC(c3nc4cccnc4n3C)C2)cc1C. The fraction of sp³-hybridized carbons (Fsp3) is 0.350. The summed E-state index contributed by atoms with van der Waals surface area (Å²) in [6.07, 6.45) is 2.73. The lowest BCUT2D eigenvalue weighted by Gasteiger charge is -2.17. The number of pyridine rings is 1. The molecule has 0 radical (unpaired) electrons. The van der Waals surface area contributed by atoms with Gasteiger partial charge in [0.25, 0.3) is 5.91 Å². The largest absolute Gasteiger partial charge is 0.338 e. The monoisotopic (exact) mass is 334 g/mol. The summed E-state index contributed by atoms with van der Waals surface area (Å²) in [5.74, 6) is 1.39. The third kappa shape index (κ3) is 2.69. The smallest absolute Gasteiger partial charge is 0.253 e. The predicted molar refractivity (Wildman–Crippen MR) is 97.7 cm³/mol. The first-order valence-corrected chi connectivity index (χ1v) is 8.68. The Morgan fingerprint density at radius 1 is 1.20 bits per heavy atom. The highest BCUT2D eigenvalue weighted by atomic mass is 16.2. The first-order chi connectivity index (χ1) is 12.0. The zero-order valence-corrected chi connectivity index (χ0v) is 14.9. The van der Waals surface area contributed by atoms with Gasteiger partial charge in [-0.15, -0.1) is 0 Å². The van der Waals surface area contributed by atoms with Crippen molar-refractivity contribution in [3.8, 4) is 0 Å². The molecule has 0 saturated carbocycles. The minimum atomic E-state index is 0.113. The number of hydrogen-bond donors (Lipinski definition) is 0. The van der Waals surface area contributed by atoms with Crippen molar-refractivity contribution < 1.29 is 4.79 Å². The molecular weight excluding hydrogens is 312 g/mol. The van der Waals surface area contributed by atoms with Crippen LogP contribution in [-0.4, -0.2) is 38.4 Å². The van der Waals surface area contributed by atoms with Gasteiger partial charge in [-0.3, -0.25) is 4.79 Å². The number of fused-ring (bicyclic) bond motifs is 1. The molecule has 4 rings (SSSR count). The fourth-order valence-corrected chi connectivity index (χ4v) is 3.62. The molecule has 0 N–H and O–H groups in total. The van der Waals surface area contributed by atoms with Crippen LogP contribution in [0.5, 0.6) is 0 Å². The van der Waals surface area contributed by atoms with Crippen molar-refractivity contribution in [2.75, 3.05) is 13.1 Å². The van der Waals surface area contributed by atoms with Gasteiger partial charge in [-0.2, -0.15) is 0 Å². The summed E-state index contributed by atoms with van der Waals surface area (Å²) >= 11 is 0. The van der Waals surface area contributed by atoms with E-state index in [9.17, 15) is 4.79 Å². The van der Waals surface area contributed by atoms with Gasteiger partial charge in [0, 0.05) is 37.8 Å². The van der Waals surface area contributed by atoms with E-state index in [1.54, 1.807) is 6.20 Å². The second kappa shape index (κ2) is 5.99. The molecule has 1 fully saturated rings. The molecule has 2 aromatic heterocycles. The van der Waals surface area contributed by atoms with E-state index < -0.39 is 0 Å². The molecule has 0 bridgehead atoms. The van der Waals surface area contributed by atoms with E-state index >= 15 is 0 Å². The zero-order chi connectivity index (χ0) is 17.6. The lowest BCUT2D eigenvalue weighted by molar-refractivity contribution is 0.0790. The van der Waals surface area contributed by atoms with Crippen molar-refractivity contribution in [2.24, 2.45) is 7.05 Å². The van der Waals surface area contributed by atoms with Crippen molar-refractivity contribution in [1.29, 1.82) is 0 Å².